The van der Waals surface area contributed by atoms with E-state index in [4.69, 9.17) is 18.6 Å². The number of halogens is 1. The van der Waals surface area contributed by atoms with E-state index in [9.17, 15) is 0 Å². The minimum Gasteiger partial charge on any atom is -0.222 e. The second kappa shape index (κ2) is 6.15. The third-order valence-electron chi connectivity index (χ3n) is 3.91. The maximum absolute atomic E-state index is 8.49. The highest BCUT2D eigenvalue weighted by Gasteiger charge is 2.15. The Balaban J connectivity index is 0.000000280. The van der Waals surface area contributed by atoms with Gasteiger partial charge in [-0.1, -0.05) is 6.07 Å². The molecule has 5 rings (SSSR count). The Morgan fingerprint density at radius 3 is 2.04 bits per heavy atom. The van der Waals surface area contributed by atoms with Crippen LogP contribution in [0.3, 0.4) is 0 Å². The highest BCUT2D eigenvalue weighted by atomic mass is 35.7. The van der Waals surface area contributed by atoms with Gasteiger partial charge in [0, 0.05) is 26.9 Å². The zero-order chi connectivity index (χ0) is 17.6. The summed E-state index contributed by atoms with van der Waals surface area (Å²) in [4.78, 5) is 0. The van der Waals surface area contributed by atoms with Crippen molar-refractivity contribution < 1.29 is 33.3 Å². The first-order valence-electron chi connectivity index (χ1n) is 7.14. The summed E-state index contributed by atoms with van der Waals surface area (Å²) in [6.45, 7) is 0. The molecule has 5 aromatic rings. The smallest absolute Gasteiger partial charge is 0.222 e. The zero-order valence-electron chi connectivity index (χ0n) is 12.5. The molecule has 4 aromatic heterocycles. The van der Waals surface area contributed by atoms with Gasteiger partial charge >= 0.3 is 0 Å². The number of aromatic nitrogens is 1. The predicted octanol–water partition coefficient (Wildman–Crippen LogP) is 0.252. The molecule has 8 heteroatoms. The van der Waals surface area contributed by atoms with E-state index in [0.29, 0.717) is 0 Å². The quantitative estimate of drug-likeness (QED) is 0.279. The van der Waals surface area contributed by atoms with Gasteiger partial charge in [0.25, 0.3) is 0 Å². The molecule has 126 valence electrons. The Hall–Kier alpha value is -1.84. The Kier molecular flexibility index (Phi) is 4.09. The highest BCUT2D eigenvalue weighted by molar-refractivity contribution is 7.17. The van der Waals surface area contributed by atoms with E-state index in [1.807, 2.05) is 22.7 Å². The largest absolute Gasteiger partial charge is 0.227 e. The number of rotatable bonds is 0. The van der Waals surface area contributed by atoms with Crippen molar-refractivity contribution in [3.8, 4) is 0 Å². The molecule has 0 radical (unpaired) electrons. The van der Waals surface area contributed by atoms with Gasteiger partial charge in [-0.2, -0.15) is 4.40 Å². The fourth-order valence-corrected chi connectivity index (χ4v) is 4.60. The fraction of sp³-hybridized carbons (Fsp3) is 0. The van der Waals surface area contributed by atoms with Gasteiger partial charge in [0.2, 0.25) is 5.52 Å². The normalized spacial score (nSPS) is 12.0. The molecule has 0 spiro atoms. The zero-order valence-corrected chi connectivity index (χ0v) is 14.9. The molecule has 0 saturated heterocycles. The number of fused-ring (bicyclic) bond motifs is 7. The molecule has 0 atom stereocenters. The third kappa shape index (κ3) is 3.19. The molecule has 0 aliphatic rings. The Morgan fingerprint density at radius 2 is 1.32 bits per heavy atom. The number of hydrogen-bond acceptors (Lipinski definition) is 6. The molecule has 0 fully saturated rings. The number of nitrogens with zero attached hydrogens (tertiary/aromatic N) is 1. The van der Waals surface area contributed by atoms with Crippen molar-refractivity contribution in [2.75, 3.05) is 0 Å². The average Bonchev–Trinajstić information content (AvgIpc) is 3.21. The summed E-state index contributed by atoms with van der Waals surface area (Å²) < 4.78 is 38.9. The van der Waals surface area contributed by atoms with Crippen molar-refractivity contribution in [1.29, 1.82) is 0 Å². The van der Waals surface area contributed by atoms with Gasteiger partial charge in [-0.15, -0.1) is 32.9 Å². The average molecular weight is 392 g/mol. The van der Waals surface area contributed by atoms with Crippen molar-refractivity contribution in [2.24, 2.45) is 0 Å². The van der Waals surface area contributed by atoms with Crippen LogP contribution in [0.4, 0.5) is 0 Å². The summed E-state index contributed by atoms with van der Waals surface area (Å²) in [5.41, 5.74) is 1.32. The lowest BCUT2D eigenvalue weighted by Crippen LogP contribution is -2.68. The lowest BCUT2D eigenvalue weighted by Gasteiger charge is -2.17. The van der Waals surface area contributed by atoms with Crippen molar-refractivity contribution in [2.45, 2.75) is 0 Å². The molecular formula is C17H10ClNO4S2. The van der Waals surface area contributed by atoms with E-state index >= 15 is 0 Å². The van der Waals surface area contributed by atoms with E-state index < -0.39 is 10.2 Å². The first kappa shape index (κ1) is 16.6. The van der Waals surface area contributed by atoms with Gasteiger partial charge in [0.05, 0.1) is 10.8 Å². The maximum Gasteiger partial charge on any atom is 0.227 e. The van der Waals surface area contributed by atoms with Gasteiger partial charge in [-0.05, 0) is 34.3 Å². The van der Waals surface area contributed by atoms with Crippen molar-refractivity contribution in [3.63, 3.8) is 0 Å². The third-order valence-corrected chi connectivity index (χ3v) is 5.68. The van der Waals surface area contributed by atoms with Crippen LogP contribution in [0, 0.1) is 10.2 Å². The van der Waals surface area contributed by atoms with Crippen LogP contribution in [0.15, 0.2) is 59.6 Å². The summed E-state index contributed by atoms with van der Waals surface area (Å²) in [6.07, 6.45) is 4.33. The van der Waals surface area contributed by atoms with E-state index in [1.54, 1.807) is 0 Å². The molecule has 0 aliphatic heterocycles. The van der Waals surface area contributed by atoms with Crippen LogP contribution in [0.25, 0.3) is 36.5 Å². The highest BCUT2D eigenvalue weighted by Crippen LogP contribution is 2.34. The van der Waals surface area contributed by atoms with E-state index in [1.165, 1.54) is 36.5 Å². The molecule has 5 nitrogen and oxygen atoms in total. The van der Waals surface area contributed by atoms with Crippen LogP contribution in [-0.4, -0.2) is 0 Å². The molecule has 0 saturated carbocycles. The number of benzene rings is 1. The van der Waals surface area contributed by atoms with Gasteiger partial charge in [0.15, 0.2) is 12.4 Å². The maximum atomic E-state index is 8.49. The molecule has 1 aromatic carbocycles. The van der Waals surface area contributed by atoms with Gasteiger partial charge in [-0.3, -0.25) is 0 Å². The Labute approximate surface area is 152 Å². The second-order valence-electron chi connectivity index (χ2n) is 5.33. The van der Waals surface area contributed by atoms with E-state index in [2.05, 4.69) is 64.0 Å². The fourth-order valence-electron chi connectivity index (χ4n) is 3.02. The molecule has 0 N–H and O–H groups in total. The summed E-state index contributed by atoms with van der Waals surface area (Å²) in [6, 6.07) is 13.4. The minimum atomic E-state index is -4.94. The summed E-state index contributed by atoms with van der Waals surface area (Å²) >= 11 is 3.62. The molecular weight excluding hydrogens is 382 g/mol. The first-order chi connectivity index (χ1) is 11.9. The van der Waals surface area contributed by atoms with E-state index in [0.717, 1.165) is 0 Å². The number of thiophene rings is 2. The molecule has 0 amide bonds. The molecule has 0 aliphatic carbocycles. The summed E-state index contributed by atoms with van der Waals surface area (Å²) in [7, 11) is -4.94. The number of hydrogen-bond donors (Lipinski definition) is 0. The van der Waals surface area contributed by atoms with Gasteiger partial charge in [-0.25, -0.2) is 18.6 Å². The van der Waals surface area contributed by atoms with Gasteiger partial charge in [0.1, 0.15) is 0 Å². The van der Waals surface area contributed by atoms with Crippen LogP contribution in [0.1, 0.15) is 0 Å². The van der Waals surface area contributed by atoms with Crippen molar-refractivity contribution in [1.82, 2.24) is 0 Å². The SMILES string of the molecule is [O-][Cl+3]([O-])([O-])[O-].c1cc2c(ccc3cc[n+]4ccc5sccc5c4c32)s1. The van der Waals surface area contributed by atoms with Gasteiger partial charge < -0.3 is 0 Å². The van der Waals surface area contributed by atoms with Crippen LogP contribution in [-0.2, 0) is 0 Å². The lowest BCUT2D eigenvalue weighted by atomic mass is 10.1. The van der Waals surface area contributed by atoms with Crippen LogP contribution < -0.4 is 23.0 Å². The Morgan fingerprint density at radius 1 is 0.720 bits per heavy atom. The lowest BCUT2D eigenvalue weighted by molar-refractivity contribution is -2.00. The molecule has 0 bridgehead atoms. The summed E-state index contributed by atoms with van der Waals surface area (Å²) in [5.74, 6) is 0. The second-order valence-corrected chi connectivity index (χ2v) is 7.98. The van der Waals surface area contributed by atoms with Crippen molar-refractivity contribution >= 4 is 59.1 Å². The number of pyridine rings is 2. The first-order valence-corrected chi connectivity index (χ1v) is 10.1. The molecule has 25 heavy (non-hydrogen) atoms. The van der Waals surface area contributed by atoms with Crippen LogP contribution in [0.5, 0.6) is 0 Å². The summed E-state index contributed by atoms with van der Waals surface area (Å²) in [5, 5.41) is 9.76. The topological polar surface area (TPSA) is 96.3 Å². The minimum absolute atomic E-state index is 1.31. The standard InChI is InChI=1S/C17H10NS2.ClHO4/c1-2-14-12(5-9-19-14)16-11(1)3-7-18-8-4-15-13(17(16)18)6-10-20-15;2-1(3,4)5/h1-10H;(H,2,3,4,5)/q+1;/p-1. The van der Waals surface area contributed by atoms with Crippen molar-refractivity contribution in [3.05, 3.63) is 59.6 Å². The van der Waals surface area contributed by atoms with Crippen LogP contribution >= 0.6 is 22.7 Å². The van der Waals surface area contributed by atoms with Crippen LogP contribution in [0.2, 0.25) is 0 Å². The molecule has 4 heterocycles. The predicted molar refractivity (Wildman–Crippen MR) is 87.9 cm³/mol. The Bertz CT molecular complexity index is 1110. The monoisotopic (exact) mass is 391 g/mol. The molecule has 0 unspecified atom stereocenters. The van der Waals surface area contributed by atoms with E-state index in [-0.39, 0.29) is 0 Å².